The highest BCUT2D eigenvalue weighted by molar-refractivity contribution is 5.17. The topological polar surface area (TPSA) is 38.7 Å². The molecule has 3 nitrogen and oxygen atoms in total. The van der Waals surface area contributed by atoms with Crippen LogP contribution in [0, 0.1) is 0 Å². The number of aliphatic hydroxyl groups is 1. The van der Waals surface area contributed by atoms with Crippen molar-refractivity contribution in [3.05, 3.63) is 11.6 Å². The van der Waals surface area contributed by atoms with Gasteiger partial charge in [0, 0.05) is 14.2 Å². The maximum atomic E-state index is 10.4. The van der Waals surface area contributed by atoms with E-state index in [0.29, 0.717) is 0 Å². The summed E-state index contributed by atoms with van der Waals surface area (Å²) in [6.07, 6.45) is 7.13. The Hall–Kier alpha value is -0.380. The Kier molecular flexibility index (Phi) is 4.77. The van der Waals surface area contributed by atoms with Gasteiger partial charge in [-0.15, -0.1) is 0 Å². The molecule has 1 unspecified atom stereocenters. The van der Waals surface area contributed by atoms with Gasteiger partial charge in [0.05, 0.1) is 0 Å². The van der Waals surface area contributed by atoms with Crippen LogP contribution in [0.2, 0.25) is 0 Å². The molecular weight excluding hydrogens is 192 g/mol. The minimum Gasteiger partial charge on any atom is -0.380 e. The number of ether oxygens (including phenoxy) is 2. The van der Waals surface area contributed by atoms with Crippen LogP contribution in [0.1, 0.15) is 39.0 Å². The fourth-order valence-corrected chi connectivity index (χ4v) is 2.18. The van der Waals surface area contributed by atoms with Gasteiger partial charge < -0.3 is 14.6 Å². The molecule has 0 aromatic carbocycles. The van der Waals surface area contributed by atoms with E-state index < -0.39 is 11.9 Å². The molecule has 0 aromatic rings. The third-order valence-electron chi connectivity index (χ3n) is 3.08. The molecule has 0 aliphatic heterocycles. The van der Waals surface area contributed by atoms with Crippen molar-refractivity contribution in [3.8, 4) is 0 Å². The van der Waals surface area contributed by atoms with Crippen molar-refractivity contribution in [1.82, 2.24) is 0 Å². The first kappa shape index (κ1) is 12.7. The van der Waals surface area contributed by atoms with E-state index in [4.69, 9.17) is 9.47 Å². The molecule has 0 bridgehead atoms. The lowest BCUT2D eigenvalue weighted by Crippen LogP contribution is -2.43. The SMILES string of the molecule is COC(OC)C(C)(O)C1=CCCCCC1. The standard InChI is InChI=1S/C12H22O3/c1-12(13,11(14-2)15-3)10-8-6-4-5-7-9-10/h8,11,13H,4-7,9H2,1-3H3. The van der Waals surface area contributed by atoms with E-state index >= 15 is 0 Å². The Morgan fingerprint density at radius 3 is 2.53 bits per heavy atom. The molecule has 1 atom stereocenters. The molecule has 0 fully saturated rings. The van der Waals surface area contributed by atoms with Gasteiger partial charge in [0.2, 0.25) is 0 Å². The quantitative estimate of drug-likeness (QED) is 0.576. The molecule has 1 aliphatic carbocycles. The monoisotopic (exact) mass is 214 g/mol. The second-order valence-corrected chi connectivity index (χ2v) is 4.28. The van der Waals surface area contributed by atoms with E-state index in [1.807, 2.05) is 0 Å². The fraction of sp³-hybridized carbons (Fsp3) is 0.833. The smallest absolute Gasteiger partial charge is 0.189 e. The highest BCUT2D eigenvalue weighted by Gasteiger charge is 2.35. The summed E-state index contributed by atoms with van der Waals surface area (Å²) in [4.78, 5) is 0. The zero-order chi connectivity index (χ0) is 11.3. The maximum absolute atomic E-state index is 10.4. The summed E-state index contributed by atoms with van der Waals surface area (Å²) >= 11 is 0. The Morgan fingerprint density at radius 2 is 1.93 bits per heavy atom. The second-order valence-electron chi connectivity index (χ2n) is 4.28. The van der Waals surface area contributed by atoms with E-state index in [1.165, 1.54) is 12.8 Å². The predicted molar refractivity (Wildman–Crippen MR) is 59.6 cm³/mol. The average molecular weight is 214 g/mol. The van der Waals surface area contributed by atoms with Crippen molar-refractivity contribution < 1.29 is 14.6 Å². The summed E-state index contributed by atoms with van der Waals surface area (Å²) in [5.41, 5.74) is 0.0436. The van der Waals surface area contributed by atoms with Crippen LogP contribution in [0.4, 0.5) is 0 Å². The number of allylic oxidation sites excluding steroid dienone is 1. The van der Waals surface area contributed by atoms with E-state index in [1.54, 1.807) is 21.1 Å². The van der Waals surface area contributed by atoms with Gasteiger partial charge in [-0.1, -0.05) is 12.5 Å². The molecule has 1 N–H and O–H groups in total. The molecule has 88 valence electrons. The molecule has 0 spiro atoms. The number of hydrogen-bond donors (Lipinski definition) is 1. The third-order valence-corrected chi connectivity index (χ3v) is 3.08. The van der Waals surface area contributed by atoms with Gasteiger partial charge in [0.1, 0.15) is 5.60 Å². The Bertz CT molecular complexity index is 217. The minimum atomic E-state index is -1.01. The average Bonchev–Trinajstić information content (AvgIpc) is 2.47. The molecule has 1 aliphatic rings. The fourth-order valence-electron chi connectivity index (χ4n) is 2.18. The first-order valence-corrected chi connectivity index (χ1v) is 5.60. The molecule has 3 heteroatoms. The van der Waals surface area contributed by atoms with Gasteiger partial charge in [0.25, 0.3) is 0 Å². The van der Waals surface area contributed by atoms with Gasteiger partial charge in [0.15, 0.2) is 6.29 Å². The summed E-state index contributed by atoms with van der Waals surface area (Å²) in [6, 6.07) is 0. The van der Waals surface area contributed by atoms with Crippen LogP contribution < -0.4 is 0 Å². The predicted octanol–water partition coefficient (Wildman–Crippen LogP) is 2.25. The highest BCUT2D eigenvalue weighted by atomic mass is 16.7. The third kappa shape index (κ3) is 3.03. The first-order chi connectivity index (χ1) is 7.12. The largest absolute Gasteiger partial charge is 0.380 e. The summed E-state index contributed by atoms with van der Waals surface area (Å²) < 4.78 is 10.3. The van der Waals surface area contributed by atoms with Crippen molar-refractivity contribution in [2.24, 2.45) is 0 Å². The van der Waals surface area contributed by atoms with Crippen LogP contribution in [-0.2, 0) is 9.47 Å². The highest BCUT2D eigenvalue weighted by Crippen LogP contribution is 2.30. The second kappa shape index (κ2) is 5.64. The Balaban J connectivity index is 2.77. The van der Waals surface area contributed by atoms with Crippen LogP contribution in [0.3, 0.4) is 0 Å². The van der Waals surface area contributed by atoms with Crippen molar-refractivity contribution in [2.75, 3.05) is 14.2 Å². The van der Waals surface area contributed by atoms with Gasteiger partial charge in [-0.25, -0.2) is 0 Å². The lowest BCUT2D eigenvalue weighted by atomic mass is 9.91. The lowest BCUT2D eigenvalue weighted by Gasteiger charge is -2.32. The molecule has 0 aromatic heterocycles. The molecule has 0 amide bonds. The van der Waals surface area contributed by atoms with Gasteiger partial charge in [-0.05, 0) is 38.2 Å². The zero-order valence-electron chi connectivity index (χ0n) is 9.95. The number of rotatable bonds is 4. The van der Waals surface area contributed by atoms with Crippen LogP contribution >= 0.6 is 0 Å². The van der Waals surface area contributed by atoms with Gasteiger partial charge in [-0.2, -0.15) is 0 Å². The zero-order valence-corrected chi connectivity index (χ0v) is 9.95. The number of hydrogen-bond acceptors (Lipinski definition) is 3. The van der Waals surface area contributed by atoms with E-state index in [9.17, 15) is 5.11 Å². The molecule has 0 saturated heterocycles. The van der Waals surface area contributed by atoms with Crippen molar-refractivity contribution in [1.29, 1.82) is 0 Å². The van der Waals surface area contributed by atoms with Gasteiger partial charge >= 0.3 is 0 Å². The van der Waals surface area contributed by atoms with E-state index in [2.05, 4.69) is 6.08 Å². The first-order valence-electron chi connectivity index (χ1n) is 5.60. The van der Waals surface area contributed by atoms with Crippen LogP contribution in [0.5, 0.6) is 0 Å². The molecule has 15 heavy (non-hydrogen) atoms. The van der Waals surface area contributed by atoms with Crippen LogP contribution in [0.25, 0.3) is 0 Å². The van der Waals surface area contributed by atoms with E-state index in [-0.39, 0.29) is 0 Å². The van der Waals surface area contributed by atoms with Crippen LogP contribution in [-0.4, -0.2) is 31.2 Å². The van der Waals surface area contributed by atoms with Crippen LogP contribution in [0.15, 0.2) is 11.6 Å². The van der Waals surface area contributed by atoms with E-state index in [0.717, 1.165) is 24.8 Å². The van der Waals surface area contributed by atoms with Crippen molar-refractivity contribution in [2.45, 2.75) is 50.9 Å². The summed E-state index contributed by atoms with van der Waals surface area (Å²) in [7, 11) is 3.11. The summed E-state index contributed by atoms with van der Waals surface area (Å²) in [5.74, 6) is 0. The summed E-state index contributed by atoms with van der Waals surface area (Å²) in [5, 5.41) is 10.4. The molecule has 0 heterocycles. The summed E-state index contributed by atoms with van der Waals surface area (Å²) in [6.45, 7) is 1.77. The Labute approximate surface area is 92.1 Å². The molecule has 0 radical (unpaired) electrons. The van der Waals surface area contributed by atoms with Gasteiger partial charge in [-0.3, -0.25) is 0 Å². The van der Waals surface area contributed by atoms with Crippen molar-refractivity contribution in [3.63, 3.8) is 0 Å². The lowest BCUT2D eigenvalue weighted by molar-refractivity contribution is -0.194. The minimum absolute atomic E-state index is 0.582. The normalized spacial score (nSPS) is 22.1. The maximum Gasteiger partial charge on any atom is 0.189 e. The number of methoxy groups -OCH3 is 2. The van der Waals surface area contributed by atoms with Crippen molar-refractivity contribution >= 4 is 0 Å². The molecule has 1 rings (SSSR count). The molecular formula is C12H22O3. The Morgan fingerprint density at radius 1 is 1.27 bits per heavy atom. The molecule has 0 saturated carbocycles.